The predicted molar refractivity (Wildman–Crippen MR) is 240 cm³/mol. The average molecular weight is 867 g/mol. The largest absolute Gasteiger partial charge is 0.457 e. The van der Waals surface area contributed by atoms with Crippen molar-refractivity contribution in [2.45, 2.75) is 88.5 Å². The van der Waals surface area contributed by atoms with E-state index in [0.717, 1.165) is 47.6 Å². The van der Waals surface area contributed by atoms with Gasteiger partial charge in [-0.3, -0.25) is 0 Å². The topological polar surface area (TPSA) is 198 Å². The van der Waals surface area contributed by atoms with Crippen LogP contribution >= 0.6 is 0 Å². The van der Waals surface area contributed by atoms with Gasteiger partial charge in [-0.25, -0.2) is 38.1 Å². The Kier molecular flexibility index (Phi) is 11.4. The Bertz CT molecular complexity index is 2680. The Morgan fingerprint density at radius 3 is 1.16 bits per heavy atom. The van der Waals surface area contributed by atoms with E-state index >= 15 is 0 Å². The molecule has 2 saturated carbocycles. The predicted octanol–water partition coefficient (Wildman–Crippen LogP) is 9.75. The zero-order chi connectivity index (χ0) is 44.6. The summed E-state index contributed by atoms with van der Waals surface area (Å²) >= 11 is 0. The monoisotopic (exact) mass is 866 g/mol. The highest BCUT2D eigenvalue weighted by Crippen LogP contribution is 2.41. The van der Waals surface area contributed by atoms with E-state index < -0.39 is 11.2 Å². The van der Waals surface area contributed by atoms with Crippen molar-refractivity contribution in [2.75, 3.05) is 11.5 Å². The van der Waals surface area contributed by atoms with Crippen molar-refractivity contribution in [2.24, 2.45) is 0 Å². The van der Waals surface area contributed by atoms with E-state index in [1.165, 1.54) is 36.9 Å². The van der Waals surface area contributed by atoms with Crippen LogP contribution in [-0.2, 0) is 0 Å². The summed E-state index contributed by atoms with van der Waals surface area (Å²) in [5, 5.41) is 31.8. The van der Waals surface area contributed by atoms with Crippen LogP contribution in [0.5, 0.6) is 23.0 Å². The van der Waals surface area contributed by atoms with Crippen molar-refractivity contribution in [3.63, 3.8) is 0 Å². The van der Waals surface area contributed by atoms with Gasteiger partial charge in [0.05, 0.1) is 34.1 Å². The molecule has 0 unspecified atom stereocenters. The first kappa shape index (κ1) is 42.3. The third kappa shape index (κ3) is 9.05. The van der Waals surface area contributed by atoms with Gasteiger partial charge >= 0.3 is 0 Å². The molecule has 2 aliphatic rings. The van der Waals surface area contributed by atoms with E-state index in [4.69, 9.17) is 31.1 Å². The molecule has 0 spiro atoms. The molecular weight excluding hydrogens is 819 g/mol. The second-order valence-electron chi connectivity index (χ2n) is 17.1. The summed E-state index contributed by atoms with van der Waals surface area (Å²) < 4.78 is 41.6. The number of anilines is 2. The fourth-order valence-electron chi connectivity index (χ4n) is 8.48. The van der Waals surface area contributed by atoms with Crippen molar-refractivity contribution >= 4 is 33.7 Å². The molecule has 10 rings (SSSR count). The van der Waals surface area contributed by atoms with Gasteiger partial charge in [0, 0.05) is 11.1 Å². The standard InChI is InChI=1S/2C24H24FN5O2/c2*1-24(31)12-10-17(11-13-24)30-23-20(22(26)27-14-28-23)21(29-30)15-2-6-18(7-3-15)32-19-8-4-16(25)5-9-19/h2*2-9,14,17,31H,10-13H2,1H3,(H2,26,27,28). The summed E-state index contributed by atoms with van der Waals surface area (Å²) in [6.45, 7) is 3.76. The summed E-state index contributed by atoms with van der Waals surface area (Å²) in [7, 11) is 0. The van der Waals surface area contributed by atoms with Crippen LogP contribution < -0.4 is 20.9 Å². The number of halogens is 2. The van der Waals surface area contributed by atoms with Crippen molar-refractivity contribution in [3.05, 3.63) is 121 Å². The van der Waals surface area contributed by atoms with E-state index in [0.29, 0.717) is 83.0 Å². The quantitative estimate of drug-likeness (QED) is 0.113. The lowest BCUT2D eigenvalue weighted by molar-refractivity contribution is 0.00859. The summed E-state index contributed by atoms with van der Waals surface area (Å²) in [4.78, 5) is 17.3. The number of benzene rings is 4. The van der Waals surface area contributed by atoms with Crippen LogP contribution in [0.4, 0.5) is 20.4 Å². The fourth-order valence-corrected chi connectivity index (χ4v) is 8.48. The second kappa shape index (κ2) is 17.3. The maximum Gasteiger partial charge on any atom is 0.164 e. The number of fused-ring (bicyclic) bond motifs is 2. The van der Waals surface area contributed by atoms with Gasteiger partial charge in [-0.15, -0.1) is 0 Å². The highest BCUT2D eigenvalue weighted by atomic mass is 19.1. The molecule has 2 aliphatic carbocycles. The summed E-state index contributed by atoms with van der Waals surface area (Å²) in [6.07, 6.45) is 9.03. The Hall–Kier alpha value is -7.04. The molecule has 0 amide bonds. The first-order valence-electron chi connectivity index (χ1n) is 21.3. The van der Waals surface area contributed by atoms with Gasteiger partial charge in [0.1, 0.15) is 70.3 Å². The van der Waals surface area contributed by atoms with Crippen molar-refractivity contribution in [1.29, 1.82) is 0 Å². The number of ether oxygens (including phenoxy) is 2. The Morgan fingerprint density at radius 2 is 0.828 bits per heavy atom. The molecule has 6 N–H and O–H groups in total. The lowest BCUT2D eigenvalue weighted by atomic mass is 9.84. The van der Waals surface area contributed by atoms with E-state index in [-0.39, 0.29) is 23.7 Å². The van der Waals surface area contributed by atoms with Crippen molar-refractivity contribution < 1.29 is 28.5 Å². The van der Waals surface area contributed by atoms with Gasteiger partial charge in [-0.2, -0.15) is 10.2 Å². The molecule has 8 aromatic rings. The maximum atomic E-state index is 13.1. The smallest absolute Gasteiger partial charge is 0.164 e. The average Bonchev–Trinajstić information content (AvgIpc) is 3.87. The van der Waals surface area contributed by atoms with Gasteiger partial charge in [0.25, 0.3) is 0 Å². The lowest BCUT2D eigenvalue weighted by Gasteiger charge is -2.33. The molecule has 14 nitrogen and oxygen atoms in total. The minimum atomic E-state index is -0.628. The second-order valence-corrected chi connectivity index (χ2v) is 17.1. The fraction of sp³-hybridized carbons (Fsp3) is 0.292. The molecule has 2 fully saturated rings. The molecule has 0 saturated heterocycles. The Labute approximate surface area is 367 Å². The molecule has 4 heterocycles. The highest BCUT2D eigenvalue weighted by Gasteiger charge is 2.33. The number of nitrogens with two attached hydrogens (primary N) is 2. The Morgan fingerprint density at radius 1 is 0.516 bits per heavy atom. The highest BCUT2D eigenvalue weighted by molar-refractivity contribution is 5.99. The molecule has 0 atom stereocenters. The SMILES string of the molecule is CC1(O)CCC(n2nc(-c3ccc(Oc4ccc(F)cc4)cc3)c3c(N)ncnc32)CC1.CC1(O)CCC(n2nc(-c3ccc(Oc4ccc(F)cc4)cc3)c3c(N)ncnc32)CC1. The van der Waals surface area contributed by atoms with E-state index in [2.05, 4.69) is 19.9 Å². The van der Waals surface area contributed by atoms with Gasteiger partial charge in [0.15, 0.2) is 11.3 Å². The molecule has 0 bridgehead atoms. The molecule has 4 aromatic heterocycles. The van der Waals surface area contributed by atoms with Gasteiger partial charge < -0.3 is 31.2 Å². The number of aliphatic hydroxyl groups is 2. The third-order valence-corrected chi connectivity index (χ3v) is 12.1. The number of hydrogen-bond donors (Lipinski definition) is 4. The zero-order valence-electron chi connectivity index (χ0n) is 35.4. The minimum absolute atomic E-state index is 0.141. The summed E-state index contributed by atoms with van der Waals surface area (Å²) in [6, 6.07) is 27.0. The van der Waals surface area contributed by atoms with Gasteiger partial charge in [0.2, 0.25) is 0 Å². The number of nitrogens with zero attached hydrogens (tertiary/aromatic N) is 8. The molecular formula is C48H48F2N10O4. The molecule has 328 valence electrons. The third-order valence-electron chi connectivity index (χ3n) is 12.1. The summed E-state index contributed by atoms with van der Waals surface area (Å²) in [5.41, 5.74) is 15.7. The zero-order valence-corrected chi connectivity index (χ0v) is 35.4. The normalized spacial score (nSPS) is 21.0. The van der Waals surface area contributed by atoms with E-state index in [1.54, 1.807) is 24.3 Å². The molecule has 0 aliphatic heterocycles. The first-order valence-corrected chi connectivity index (χ1v) is 21.3. The maximum absolute atomic E-state index is 13.1. The van der Waals surface area contributed by atoms with Crippen LogP contribution in [0.1, 0.15) is 77.3 Å². The Balaban J connectivity index is 0.000000162. The van der Waals surface area contributed by atoms with Gasteiger partial charge in [-0.1, -0.05) is 0 Å². The molecule has 4 aromatic carbocycles. The number of nitrogen functional groups attached to an aromatic ring is 2. The summed E-state index contributed by atoms with van der Waals surface area (Å²) in [5.74, 6) is 2.51. The van der Waals surface area contributed by atoms with Crippen LogP contribution in [0.2, 0.25) is 0 Å². The minimum Gasteiger partial charge on any atom is -0.457 e. The first-order chi connectivity index (χ1) is 30.8. The number of rotatable bonds is 8. The van der Waals surface area contributed by atoms with Crippen LogP contribution in [-0.4, -0.2) is 60.9 Å². The van der Waals surface area contributed by atoms with Crippen LogP contribution in [0.3, 0.4) is 0 Å². The van der Waals surface area contributed by atoms with Crippen LogP contribution in [0, 0.1) is 11.6 Å². The number of hydrogen-bond acceptors (Lipinski definition) is 12. The number of aromatic nitrogens is 8. The van der Waals surface area contributed by atoms with Gasteiger partial charge in [-0.05, 0) is 162 Å². The lowest BCUT2D eigenvalue weighted by Crippen LogP contribution is -2.31. The van der Waals surface area contributed by atoms with Crippen molar-refractivity contribution in [3.8, 4) is 45.5 Å². The molecule has 0 radical (unpaired) electrons. The molecule has 64 heavy (non-hydrogen) atoms. The van der Waals surface area contributed by atoms with E-state index in [9.17, 15) is 19.0 Å². The van der Waals surface area contributed by atoms with Crippen LogP contribution in [0.25, 0.3) is 44.6 Å². The van der Waals surface area contributed by atoms with Crippen molar-refractivity contribution in [1.82, 2.24) is 39.5 Å². The van der Waals surface area contributed by atoms with E-state index in [1.807, 2.05) is 71.7 Å². The molecule has 16 heteroatoms. The van der Waals surface area contributed by atoms with Crippen LogP contribution in [0.15, 0.2) is 110 Å².